The largest absolute Gasteiger partial charge is 0.454 e. The Labute approximate surface area is 353 Å². The van der Waals surface area contributed by atoms with E-state index in [0.29, 0.717) is 5.92 Å². The van der Waals surface area contributed by atoms with E-state index in [4.69, 9.17) is 4.42 Å². The molecule has 11 rings (SSSR count). The normalized spacial score (nSPS) is 14.4. The van der Waals surface area contributed by atoms with Gasteiger partial charge in [-0.2, -0.15) is 0 Å². The van der Waals surface area contributed by atoms with Gasteiger partial charge in [-0.05, 0) is 139 Å². The molecule has 0 radical (unpaired) electrons. The van der Waals surface area contributed by atoms with Gasteiger partial charge in [-0.15, -0.1) is 0 Å². The van der Waals surface area contributed by atoms with Gasteiger partial charge in [0.25, 0.3) is 6.71 Å². The van der Waals surface area contributed by atoms with Crippen LogP contribution in [0.25, 0.3) is 21.9 Å². The van der Waals surface area contributed by atoms with Gasteiger partial charge < -0.3 is 19.1 Å². The predicted molar refractivity (Wildman–Crippen MR) is 255 cm³/mol. The van der Waals surface area contributed by atoms with Crippen molar-refractivity contribution in [1.82, 2.24) is 0 Å². The lowest BCUT2D eigenvalue weighted by Crippen LogP contribution is -2.57. The molecule has 0 N–H and O–H groups in total. The van der Waals surface area contributed by atoms with Gasteiger partial charge in [0.05, 0.1) is 11.4 Å². The third-order valence-corrected chi connectivity index (χ3v) is 13.2. The standard InChI is InChI=1S/C55H48BN3O/c1-34(2)39-28-30-40(31-29-39)57(48-26-15-21-43-42-20-9-12-27-51(42)60-55(43)48)41-32-49-52-50(33-41)59(47-25-11-8-17-36(47)4)54-38(6)19-14-23-45(54)56(52)44-22-13-18-37(5)53(44)58(49)46-24-10-7-16-35(46)3/h7-13,15-18,20-34H,14,19H2,1-6H3. The highest BCUT2D eigenvalue weighted by Gasteiger charge is 2.47. The van der Waals surface area contributed by atoms with Crippen molar-refractivity contribution >= 4 is 85.1 Å². The fourth-order valence-corrected chi connectivity index (χ4v) is 10.3. The van der Waals surface area contributed by atoms with E-state index in [1.54, 1.807) is 0 Å². The lowest BCUT2D eigenvalue weighted by Gasteiger charge is -2.48. The first-order valence-electron chi connectivity index (χ1n) is 21.5. The van der Waals surface area contributed by atoms with E-state index in [1.165, 1.54) is 78.4 Å². The molecule has 1 aliphatic carbocycles. The maximum atomic E-state index is 6.85. The van der Waals surface area contributed by atoms with Crippen LogP contribution in [0.15, 0.2) is 173 Å². The number of hydrogen-bond acceptors (Lipinski definition) is 4. The highest BCUT2D eigenvalue weighted by molar-refractivity contribution is 6.96. The second-order valence-electron chi connectivity index (χ2n) is 17.2. The van der Waals surface area contributed by atoms with Gasteiger partial charge in [0, 0.05) is 50.6 Å². The Bertz CT molecular complexity index is 3100. The average molecular weight is 778 g/mol. The van der Waals surface area contributed by atoms with Crippen molar-refractivity contribution in [1.29, 1.82) is 0 Å². The third-order valence-electron chi connectivity index (χ3n) is 13.2. The quantitative estimate of drug-likeness (QED) is 0.157. The molecule has 7 aromatic carbocycles. The van der Waals surface area contributed by atoms with Gasteiger partial charge in [0.1, 0.15) is 5.58 Å². The van der Waals surface area contributed by atoms with Crippen molar-refractivity contribution in [2.45, 2.75) is 60.3 Å². The minimum atomic E-state index is 0.0716. The fraction of sp³-hybridized carbons (Fsp3) is 0.164. The van der Waals surface area contributed by atoms with Gasteiger partial charge in [-0.1, -0.05) is 117 Å². The van der Waals surface area contributed by atoms with Crippen LogP contribution < -0.4 is 25.6 Å². The van der Waals surface area contributed by atoms with Crippen molar-refractivity contribution in [3.63, 3.8) is 0 Å². The summed E-state index contributed by atoms with van der Waals surface area (Å²) in [6.45, 7) is 13.7. The Morgan fingerprint density at radius 1 is 0.600 bits per heavy atom. The Hall–Kier alpha value is -6.72. The molecular weight excluding hydrogens is 729 g/mol. The van der Waals surface area contributed by atoms with Crippen LogP contribution in [-0.4, -0.2) is 6.71 Å². The van der Waals surface area contributed by atoms with E-state index < -0.39 is 0 Å². The first-order valence-corrected chi connectivity index (χ1v) is 21.5. The highest BCUT2D eigenvalue weighted by Crippen LogP contribution is 2.52. The molecule has 1 aromatic heterocycles. The Kier molecular flexibility index (Phi) is 8.46. The minimum absolute atomic E-state index is 0.0716. The molecule has 4 nitrogen and oxygen atoms in total. The highest BCUT2D eigenvalue weighted by atomic mass is 16.3. The number of hydrogen-bond donors (Lipinski definition) is 0. The summed E-state index contributed by atoms with van der Waals surface area (Å²) in [5, 5.41) is 2.23. The maximum Gasteiger partial charge on any atom is 0.251 e. The molecule has 2 aliphatic heterocycles. The van der Waals surface area contributed by atoms with E-state index >= 15 is 0 Å². The molecule has 0 saturated carbocycles. The number of para-hydroxylation sites is 5. The number of rotatable bonds is 6. The van der Waals surface area contributed by atoms with E-state index in [-0.39, 0.29) is 6.71 Å². The second kappa shape index (κ2) is 14.0. The first-order chi connectivity index (χ1) is 29.3. The van der Waals surface area contributed by atoms with Crippen molar-refractivity contribution in [2.75, 3.05) is 14.7 Å². The lowest BCUT2D eigenvalue weighted by atomic mass is 9.31. The topological polar surface area (TPSA) is 22.9 Å². The molecule has 60 heavy (non-hydrogen) atoms. The summed E-state index contributed by atoms with van der Waals surface area (Å²) in [6.07, 6.45) is 4.61. The molecule has 8 aromatic rings. The molecule has 0 amide bonds. The van der Waals surface area contributed by atoms with Crippen molar-refractivity contribution < 1.29 is 4.42 Å². The van der Waals surface area contributed by atoms with Gasteiger partial charge in [0.2, 0.25) is 0 Å². The summed E-state index contributed by atoms with van der Waals surface area (Å²) in [7, 11) is 0. The van der Waals surface area contributed by atoms with Crippen LogP contribution in [-0.2, 0) is 0 Å². The van der Waals surface area contributed by atoms with E-state index in [9.17, 15) is 0 Å². The number of furan rings is 1. The smallest absolute Gasteiger partial charge is 0.251 e. The number of aryl methyl sites for hydroxylation is 3. The lowest BCUT2D eigenvalue weighted by molar-refractivity contribution is 0.669. The second-order valence-corrected chi connectivity index (χ2v) is 17.2. The molecule has 3 heterocycles. The molecule has 3 aliphatic rings. The SMILES string of the molecule is CC1=C2C(=CCC1)B1c3cccc(C)c3N(c3ccccc3C)c3cc(N(c4ccc(C(C)C)cc4)c4cccc5c4oc4ccccc45)cc(c31)N2c1ccccc1C. The molecule has 0 unspecified atom stereocenters. The van der Waals surface area contributed by atoms with Crippen molar-refractivity contribution in [3.8, 4) is 0 Å². The summed E-state index contributed by atoms with van der Waals surface area (Å²) < 4.78 is 6.85. The van der Waals surface area contributed by atoms with E-state index in [2.05, 4.69) is 208 Å². The molecule has 0 atom stereocenters. The summed E-state index contributed by atoms with van der Waals surface area (Å²) in [5.41, 5.74) is 22.9. The summed E-state index contributed by atoms with van der Waals surface area (Å²) >= 11 is 0. The van der Waals surface area contributed by atoms with Crippen LogP contribution in [0.3, 0.4) is 0 Å². The van der Waals surface area contributed by atoms with Crippen LogP contribution in [0.5, 0.6) is 0 Å². The fourth-order valence-electron chi connectivity index (χ4n) is 10.3. The minimum Gasteiger partial charge on any atom is -0.454 e. The summed E-state index contributed by atoms with van der Waals surface area (Å²) in [6, 6.07) is 53.8. The first kappa shape index (κ1) is 36.4. The Balaban J connectivity index is 1.29. The monoisotopic (exact) mass is 777 g/mol. The molecule has 0 bridgehead atoms. The van der Waals surface area contributed by atoms with Crippen molar-refractivity contribution in [2.24, 2.45) is 0 Å². The zero-order valence-corrected chi connectivity index (χ0v) is 35.3. The zero-order valence-electron chi connectivity index (χ0n) is 35.3. The number of fused-ring (bicyclic) bond motifs is 7. The third kappa shape index (κ3) is 5.45. The predicted octanol–water partition coefficient (Wildman–Crippen LogP) is 14.2. The number of nitrogens with zero attached hydrogens (tertiary/aromatic N) is 3. The van der Waals surface area contributed by atoms with Crippen LogP contribution in [0.1, 0.15) is 61.8 Å². The van der Waals surface area contributed by atoms with Gasteiger partial charge in [-0.25, -0.2) is 0 Å². The molecule has 292 valence electrons. The van der Waals surface area contributed by atoms with E-state index in [0.717, 1.165) is 51.8 Å². The molecule has 0 saturated heterocycles. The zero-order chi connectivity index (χ0) is 40.8. The number of benzene rings is 7. The van der Waals surface area contributed by atoms with Crippen LogP contribution >= 0.6 is 0 Å². The average Bonchev–Trinajstić information content (AvgIpc) is 3.65. The van der Waals surface area contributed by atoms with Crippen LogP contribution in [0.4, 0.5) is 45.5 Å². The van der Waals surface area contributed by atoms with Crippen LogP contribution in [0.2, 0.25) is 0 Å². The summed E-state index contributed by atoms with van der Waals surface area (Å²) in [5.74, 6) is 0.416. The maximum absolute atomic E-state index is 6.85. The Morgan fingerprint density at radius 2 is 1.23 bits per heavy atom. The van der Waals surface area contributed by atoms with Gasteiger partial charge in [0.15, 0.2) is 5.58 Å². The van der Waals surface area contributed by atoms with E-state index in [1.807, 2.05) is 0 Å². The molecular formula is C55H48BN3O. The number of allylic oxidation sites excluding steroid dienone is 3. The van der Waals surface area contributed by atoms with Crippen molar-refractivity contribution in [3.05, 3.63) is 191 Å². The van der Waals surface area contributed by atoms with Gasteiger partial charge in [-0.3, -0.25) is 0 Å². The molecule has 5 heteroatoms. The number of anilines is 8. The summed E-state index contributed by atoms with van der Waals surface area (Å²) in [4.78, 5) is 7.61. The molecule has 0 fully saturated rings. The Morgan fingerprint density at radius 3 is 1.97 bits per heavy atom. The van der Waals surface area contributed by atoms with Gasteiger partial charge >= 0.3 is 0 Å². The molecule has 0 spiro atoms. The van der Waals surface area contributed by atoms with Crippen LogP contribution in [0, 0.1) is 20.8 Å².